The van der Waals surface area contributed by atoms with E-state index in [2.05, 4.69) is 5.32 Å². The fourth-order valence-corrected chi connectivity index (χ4v) is 2.33. The Labute approximate surface area is 122 Å². The van der Waals surface area contributed by atoms with Gasteiger partial charge in [-0.05, 0) is 29.0 Å². The van der Waals surface area contributed by atoms with Crippen LogP contribution < -0.4 is 5.32 Å². The fourth-order valence-electron chi connectivity index (χ4n) is 2.33. The minimum Gasteiger partial charge on any atom is -0.321 e. The maximum atomic E-state index is 12.5. The first-order chi connectivity index (χ1) is 10.3. The Morgan fingerprint density at radius 1 is 0.857 bits per heavy atom. The highest BCUT2D eigenvalue weighted by Gasteiger charge is 2.11. The molecule has 0 aliphatic carbocycles. The van der Waals surface area contributed by atoms with Crippen LogP contribution in [0.3, 0.4) is 0 Å². The summed E-state index contributed by atoms with van der Waals surface area (Å²) in [7, 11) is 0. The second-order valence-corrected chi connectivity index (χ2v) is 4.69. The maximum Gasteiger partial charge on any atom is 0.256 e. The van der Waals surface area contributed by atoms with E-state index >= 15 is 0 Å². The van der Waals surface area contributed by atoms with Crippen molar-refractivity contribution in [3.05, 3.63) is 77.9 Å². The van der Waals surface area contributed by atoms with Crippen molar-refractivity contribution >= 4 is 28.7 Å². The number of para-hydroxylation sites is 1. The molecule has 0 atom stereocenters. The minimum atomic E-state index is -0.221. The van der Waals surface area contributed by atoms with Crippen molar-refractivity contribution in [1.29, 1.82) is 0 Å². The van der Waals surface area contributed by atoms with Crippen molar-refractivity contribution in [1.82, 2.24) is 0 Å². The molecule has 1 N–H and O–H groups in total. The molecule has 0 aliphatic rings. The van der Waals surface area contributed by atoms with Crippen molar-refractivity contribution in [2.24, 2.45) is 0 Å². The SMILES string of the molecule is O=Cc1ccccc1NC(=O)c1cccc2ccccc12. The number of aldehydes is 1. The molecule has 0 aromatic heterocycles. The van der Waals surface area contributed by atoms with Gasteiger partial charge in [-0.3, -0.25) is 9.59 Å². The molecule has 0 spiro atoms. The van der Waals surface area contributed by atoms with Gasteiger partial charge in [-0.2, -0.15) is 0 Å². The molecule has 0 heterocycles. The average molecular weight is 275 g/mol. The molecule has 3 aromatic carbocycles. The number of amides is 1. The van der Waals surface area contributed by atoms with Crippen molar-refractivity contribution in [3.8, 4) is 0 Å². The van der Waals surface area contributed by atoms with E-state index in [0.29, 0.717) is 16.8 Å². The molecule has 1 amide bonds. The molecule has 0 fully saturated rings. The van der Waals surface area contributed by atoms with Gasteiger partial charge in [0.05, 0.1) is 5.69 Å². The smallest absolute Gasteiger partial charge is 0.256 e. The molecule has 0 aliphatic heterocycles. The van der Waals surface area contributed by atoms with E-state index < -0.39 is 0 Å². The van der Waals surface area contributed by atoms with Gasteiger partial charge >= 0.3 is 0 Å². The number of hydrogen-bond acceptors (Lipinski definition) is 2. The van der Waals surface area contributed by atoms with Crippen molar-refractivity contribution in [2.75, 3.05) is 5.32 Å². The summed E-state index contributed by atoms with van der Waals surface area (Å²) >= 11 is 0. The molecule has 0 radical (unpaired) electrons. The van der Waals surface area contributed by atoms with Crippen LogP contribution in [0.4, 0.5) is 5.69 Å². The first-order valence-electron chi connectivity index (χ1n) is 6.63. The summed E-state index contributed by atoms with van der Waals surface area (Å²) in [6.45, 7) is 0. The van der Waals surface area contributed by atoms with E-state index in [-0.39, 0.29) is 5.91 Å². The molecule has 0 saturated carbocycles. The van der Waals surface area contributed by atoms with Crippen LogP contribution in [0.5, 0.6) is 0 Å². The highest BCUT2D eigenvalue weighted by atomic mass is 16.1. The zero-order chi connectivity index (χ0) is 14.7. The lowest BCUT2D eigenvalue weighted by Gasteiger charge is -2.09. The number of carbonyl (C=O) groups is 2. The van der Waals surface area contributed by atoms with Gasteiger partial charge in [0.1, 0.15) is 0 Å². The Balaban J connectivity index is 2.00. The third kappa shape index (κ3) is 2.54. The van der Waals surface area contributed by atoms with Gasteiger partial charge in [0, 0.05) is 11.1 Å². The van der Waals surface area contributed by atoms with E-state index in [1.165, 1.54) is 0 Å². The molecule has 3 heteroatoms. The highest BCUT2D eigenvalue weighted by molar-refractivity contribution is 6.13. The Kier molecular flexibility index (Phi) is 3.48. The van der Waals surface area contributed by atoms with Crippen LogP contribution in [-0.4, -0.2) is 12.2 Å². The van der Waals surface area contributed by atoms with Crippen LogP contribution in [0.25, 0.3) is 10.8 Å². The minimum absolute atomic E-state index is 0.221. The molecule has 3 aromatic rings. The lowest BCUT2D eigenvalue weighted by molar-refractivity contribution is 0.102. The maximum absolute atomic E-state index is 12.5. The normalized spacial score (nSPS) is 10.3. The summed E-state index contributed by atoms with van der Waals surface area (Å²) < 4.78 is 0. The Morgan fingerprint density at radius 3 is 2.43 bits per heavy atom. The molecule has 3 rings (SSSR count). The van der Waals surface area contributed by atoms with E-state index in [1.54, 1.807) is 30.3 Å². The quantitative estimate of drug-likeness (QED) is 0.737. The fraction of sp³-hybridized carbons (Fsp3) is 0. The number of benzene rings is 3. The summed E-state index contributed by atoms with van der Waals surface area (Å²) in [5.41, 5.74) is 1.57. The molecule has 21 heavy (non-hydrogen) atoms. The number of fused-ring (bicyclic) bond motifs is 1. The van der Waals surface area contributed by atoms with Crippen LogP contribution in [0.2, 0.25) is 0 Å². The van der Waals surface area contributed by atoms with Gasteiger partial charge in [0.2, 0.25) is 0 Å². The van der Waals surface area contributed by atoms with Gasteiger partial charge in [0.25, 0.3) is 5.91 Å². The summed E-state index contributed by atoms with van der Waals surface area (Å²) in [4.78, 5) is 23.5. The van der Waals surface area contributed by atoms with Gasteiger partial charge in [-0.25, -0.2) is 0 Å². The van der Waals surface area contributed by atoms with Crippen molar-refractivity contribution < 1.29 is 9.59 Å². The standard InChI is InChI=1S/C18H13NO2/c20-12-14-7-2-4-11-17(14)19-18(21)16-10-5-8-13-6-1-3-9-15(13)16/h1-12H,(H,19,21). The van der Waals surface area contributed by atoms with E-state index in [4.69, 9.17) is 0 Å². The van der Waals surface area contributed by atoms with Crippen LogP contribution in [0.15, 0.2) is 66.7 Å². The Bertz CT molecular complexity index is 819. The van der Waals surface area contributed by atoms with E-state index in [0.717, 1.165) is 17.1 Å². The second kappa shape index (κ2) is 5.59. The number of rotatable bonds is 3. The lowest BCUT2D eigenvalue weighted by Crippen LogP contribution is -2.13. The van der Waals surface area contributed by atoms with Gasteiger partial charge in [-0.15, -0.1) is 0 Å². The van der Waals surface area contributed by atoms with Crippen LogP contribution in [-0.2, 0) is 0 Å². The predicted molar refractivity (Wildman–Crippen MR) is 83.7 cm³/mol. The largest absolute Gasteiger partial charge is 0.321 e. The first-order valence-corrected chi connectivity index (χ1v) is 6.63. The zero-order valence-corrected chi connectivity index (χ0v) is 11.2. The van der Waals surface area contributed by atoms with Crippen molar-refractivity contribution in [3.63, 3.8) is 0 Å². The second-order valence-electron chi connectivity index (χ2n) is 4.69. The number of hydrogen-bond donors (Lipinski definition) is 1. The molecular formula is C18H13NO2. The number of anilines is 1. The lowest BCUT2D eigenvalue weighted by atomic mass is 10.0. The number of carbonyl (C=O) groups excluding carboxylic acids is 2. The van der Waals surface area contributed by atoms with Gasteiger partial charge < -0.3 is 5.32 Å². The summed E-state index contributed by atoms with van der Waals surface area (Å²) in [6.07, 6.45) is 0.735. The highest BCUT2D eigenvalue weighted by Crippen LogP contribution is 2.20. The van der Waals surface area contributed by atoms with Crippen LogP contribution in [0.1, 0.15) is 20.7 Å². The Hall–Kier alpha value is -2.94. The summed E-state index contributed by atoms with van der Waals surface area (Å²) in [6, 6.07) is 20.2. The van der Waals surface area contributed by atoms with Crippen molar-refractivity contribution in [2.45, 2.75) is 0 Å². The van der Waals surface area contributed by atoms with Gasteiger partial charge in [-0.1, -0.05) is 48.5 Å². The van der Waals surface area contributed by atoms with Crippen LogP contribution >= 0.6 is 0 Å². The monoisotopic (exact) mass is 275 g/mol. The van der Waals surface area contributed by atoms with E-state index in [9.17, 15) is 9.59 Å². The molecule has 0 unspecified atom stereocenters. The molecule has 0 saturated heterocycles. The summed E-state index contributed by atoms with van der Waals surface area (Å²) in [5, 5.41) is 4.70. The first kappa shape index (κ1) is 13.1. The predicted octanol–water partition coefficient (Wildman–Crippen LogP) is 3.90. The molecule has 0 bridgehead atoms. The third-order valence-corrected chi connectivity index (χ3v) is 3.37. The zero-order valence-electron chi connectivity index (χ0n) is 11.2. The third-order valence-electron chi connectivity index (χ3n) is 3.37. The van der Waals surface area contributed by atoms with E-state index in [1.807, 2.05) is 36.4 Å². The Morgan fingerprint density at radius 2 is 1.57 bits per heavy atom. The average Bonchev–Trinajstić information content (AvgIpc) is 2.54. The molecular weight excluding hydrogens is 262 g/mol. The molecule has 102 valence electrons. The number of nitrogens with one attached hydrogen (secondary N) is 1. The van der Waals surface area contributed by atoms with Gasteiger partial charge in [0.15, 0.2) is 6.29 Å². The van der Waals surface area contributed by atoms with Crippen LogP contribution in [0, 0.1) is 0 Å². The molecule has 3 nitrogen and oxygen atoms in total. The topological polar surface area (TPSA) is 46.2 Å². The summed E-state index contributed by atoms with van der Waals surface area (Å²) in [5.74, 6) is -0.221.